The Bertz CT molecular complexity index is 647. The first-order valence-electron chi connectivity index (χ1n) is 6.95. The van der Waals surface area contributed by atoms with Gasteiger partial charge < -0.3 is 15.2 Å². The van der Waals surface area contributed by atoms with E-state index in [2.05, 4.69) is 0 Å². The Morgan fingerprint density at radius 3 is 2.05 bits per heavy atom. The molecule has 0 saturated heterocycles. The predicted molar refractivity (Wildman–Crippen MR) is 91.5 cm³/mol. The molecule has 0 amide bonds. The summed E-state index contributed by atoms with van der Waals surface area (Å²) in [6.07, 6.45) is 0.781. The molecule has 0 spiro atoms. The molecule has 118 valence electrons. The average molecular weight is 340 g/mol. The van der Waals surface area contributed by atoms with Crippen LogP contribution in [-0.4, -0.2) is 20.8 Å². The zero-order valence-corrected chi connectivity index (χ0v) is 14.1. The molecule has 0 fully saturated rings. The van der Waals surface area contributed by atoms with Crippen LogP contribution in [0.2, 0.25) is 10.0 Å². The molecule has 3 nitrogen and oxygen atoms in total. The Kier molecular flexibility index (Phi) is 5.95. The zero-order chi connectivity index (χ0) is 16.1. The molecule has 1 atom stereocenters. The van der Waals surface area contributed by atoms with Crippen molar-refractivity contribution in [1.29, 1.82) is 0 Å². The SMILES string of the molecule is COc1ccc(CC(CN)c2ccc(OC)c(Cl)c2)cc1Cl. The van der Waals surface area contributed by atoms with Gasteiger partial charge in [0.2, 0.25) is 0 Å². The Morgan fingerprint density at radius 1 is 0.955 bits per heavy atom. The second kappa shape index (κ2) is 7.73. The van der Waals surface area contributed by atoms with E-state index < -0.39 is 0 Å². The van der Waals surface area contributed by atoms with Crippen LogP contribution in [0.15, 0.2) is 36.4 Å². The molecule has 2 aromatic rings. The molecule has 0 aromatic heterocycles. The summed E-state index contributed by atoms with van der Waals surface area (Å²) < 4.78 is 10.3. The molecular weight excluding hydrogens is 321 g/mol. The van der Waals surface area contributed by atoms with E-state index in [1.807, 2.05) is 36.4 Å². The van der Waals surface area contributed by atoms with Gasteiger partial charge in [0.25, 0.3) is 0 Å². The van der Waals surface area contributed by atoms with Crippen molar-refractivity contribution in [3.05, 3.63) is 57.6 Å². The summed E-state index contributed by atoms with van der Waals surface area (Å²) in [5, 5.41) is 1.19. The first-order valence-corrected chi connectivity index (χ1v) is 7.70. The van der Waals surface area contributed by atoms with Gasteiger partial charge in [-0.25, -0.2) is 0 Å². The molecule has 0 radical (unpaired) electrons. The summed E-state index contributed by atoms with van der Waals surface area (Å²) in [5.74, 6) is 1.49. The van der Waals surface area contributed by atoms with Crippen LogP contribution < -0.4 is 15.2 Å². The molecule has 0 aliphatic carbocycles. The van der Waals surface area contributed by atoms with E-state index in [0.717, 1.165) is 17.5 Å². The average Bonchev–Trinajstić information content (AvgIpc) is 2.52. The normalized spacial score (nSPS) is 12.0. The van der Waals surface area contributed by atoms with Gasteiger partial charge in [0.1, 0.15) is 11.5 Å². The summed E-state index contributed by atoms with van der Waals surface area (Å²) in [7, 11) is 3.20. The Balaban J connectivity index is 2.22. The molecule has 0 aliphatic rings. The maximum Gasteiger partial charge on any atom is 0.137 e. The number of hydrogen-bond donors (Lipinski definition) is 1. The molecule has 2 aromatic carbocycles. The number of ether oxygens (including phenoxy) is 2. The standard InChI is InChI=1S/C17H19Cl2NO2/c1-21-16-5-3-11(8-14(16)18)7-13(10-20)12-4-6-17(22-2)15(19)9-12/h3-6,8-9,13H,7,10,20H2,1-2H3. The lowest BCUT2D eigenvalue weighted by atomic mass is 9.92. The number of hydrogen-bond acceptors (Lipinski definition) is 3. The lowest BCUT2D eigenvalue weighted by Gasteiger charge is -2.17. The van der Waals surface area contributed by atoms with Gasteiger partial charge in [0, 0.05) is 5.92 Å². The highest BCUT2D eigenvalue weighted by molar-refractivity contribution is 6.32. The van der Waals surface area contributed by atoms with Crippen LogP contribution in [0.4, 0.5) is 0 Å². The Labute approximate surface area is 140 Å². The summed E-state index contributed by atoms with van der Waals surface area (Å²) in [4.78, 5) is 0. The van der Waals surface area contributed by atoms with Crippen LogP contribution in [0.25, 0.3) is 0 Å². The number of nitrogens with two attached hydrogens (primary N) is 1. The van der Waals surface area contributed by atoms with Crippen LogP contribution in [0.1, 0.15) is 17.0 Å². The third-order valence-corrected chi connectivity index (χ3v) is 4.22. The van der Waals surface area contributed by atoms with Gasteiger partial charge in [-0.1, -0.05) is 35.3 Å². The molecule has 22 heavy (non-hydrogen) atoms. The van der Waals surface area contributed by atoms with Crippen LogP contribution in [0.5, 0.6) is 11.5 Å². The second-order valence-corrected chi connectivity index (χ2v) is 5.81. The summed E-state index contributed by atoms with van der Waals surface area (Å²) in [5.41, 5.74) is 8.12. The highest BCUT2D eigenvalue weighted by Gasteiger charge is 2.14. The smallest absolute Gasteiger partial charge is 0.137 e. The van der Waals surface area contributed by atoms with Crippen LogP contribution in [0, 0.1) is 0 Å². The van der Waals surface area contributed by atoms with Crippen LogP contribution in [0.3, 0.4) is 0 Å². The topological polar surface area (TPSA) is 44.5 Å². The van der Waals surface area contributed by atoms with E-state index in [-0.39, 0.29) is 5.92 Å². The van der Waals surface area contributed by atoms with Gasteiger partial charge in [0.15, 0.2) is 0 Å². The fourth-order valence-electron chi connectivity index (χ4n) is 2.40. The molecule has 0 saturated carbocycles. The van der Waals surface area contributed by atoms with Crippen molar-refractivity contribution >= 4 is 23.2 Å². The fourth-order valence-corrected chi connectivity index (χ4v) is 2.94. The number of methoxy groups -OCH3 is 2. The highest BCUT2D eigenvalue weighted by Crippen LogP contribution is 2.31. The first-order chi connectivity index (χ1) is 10.6. The molecule has 2 N–H and O–H groups in total. The van der Waals surface area contributed by atoms with Crippen molar-refractivity contribution in [2.24, 2.45) is 5.73 Å². The second-order valence-electron chi connectivity index (χ2n) is 5.00. The molecule has 0 bridgehead atoms. The van der Waals surface area contributed by atoms with E-state index in [9.17, 15) is 0 Å². The van der Waals surface area contributed by atoms with Gasteiger partial charge >= 0.3 is 0 Å². The van der Waals surface area contributed by atoms with Crippen molar-refractivity contribution < 1.29 is 9.47 Å². The minimum Gasteiger partial charge on any atom is -0.495 e. The van der Waals surface area contributed by atoms with Gasteiger partial charge in [-0.15, -0.1) is 0 Å². The predicted octanol–water partition coefficient (Wildman–Crippen LogP) is 4.30. The van der Waals surface area contributed by atoms with Crippen LogP contribution >= 0.6 is 23.2 Å². The summed E-state index contributed by atoms with van der Waals surface area (Å²) in [6, 6.07) is 11.5. The van der Waals surface area contributed by atoms with Crippen LogP contribution in [-0.2, 0) is 6.42 Å². The largest absolute Gasteiger partial charge is 0.495 e. The zero-order valence-electron chi connectivity index (χ0n) is 12.6. The van der Waals surface area contributed by atoms with Crippen molar-refractivity contribution in [3.8, 4) is 11.5 Å². The highest BCUT2D eigenvalue weighted by atomic mass is 35.5. The summed E-state index contributed by atoms with van der Waals surface area (Å²) >= 11 is 12.4. The van der Waals surface area contributed by atoms with Gasteiger partial charge in [-0.05, 0) is 48.4 Å². The Morgan fingerprint density at radius 2 is 1.55 bits per heavy atom. The quantitative estimate of drug-likeness (QED) is 0.853. The fraction of sp³-hybridized carbons (Fsp3) is 0.294. The van der Waals surface area contributed by atoms with Crippen molar-refractivity contribution in [2.45, 2.75) is 12.3 Å². The lowest BCUT2D eigenvalue weighted by molar-refractivity contribution is 0.414. The minimum atomic E-state index is 0.160. The number of halogens is 2. The molecule has 5 heteroatoms. The van der Waals surface area contributed by atoms with Gasteiger partial charge in [0.05, 0.1) is 24.3 Å². The van der Waals surface area contributed by atoms with Gasteiger partial charge in [-0.2, -0.15) is 0 Å². The maximum absolute atomic E-state index is 6.19. The lowest BCUT2D eigenvalue weighted by Crippen LogP contribution is -2.15. The molecule has 0 heterocycles. The van der Waals surface area contributed by atoms with E-state index in [1.165, 1.54) is 0 Å². The number of rotatable bonds is 6. The van der Waals surface area contributed by atoms with E-state index in [4.69, 9.17) is 38.4 Å². The molecule has 1 unspecified atom stereocenters. The van der Waals surface area contributed by atoms with E-state index in [0.29, 0.717) is 28.1 Å². The number of benzene rings is 2. The van der Waals surface area contributed by atoms with E-state index >= 15 is 0 Å². The molecule has 2 rings (SSSR count). The van der Waals surface area contributed by atoms with E-state index in [1.54, 1.807) is 14.2 Å². The van der Waals surface area contributed by atoms with Crippen molar-refractivity contribution in [1.82, 2.24) is 0 Å². The van der Waals surface area contributed by atoms with Crippen molar-refractivity contribution in [3.63, 3.8) is 0 Å². The Hall–Kier alpha value is -1.42. The van der Waals surface area contributed by atoms with Gasteiger partial charge in [-0.3, -0.25) is 0 Å². The third kappa shape index (κ3) is 3.86. The summed E-state index contributed by atoms with van der Waals surface area (Å²) in [6.45, 7) is 0.520. The first kappa shape index (κ1) is 16.9. The van der Waals surface area contributed by atoms with Crippen molar-refractivity contribution in [2.75, 3.05) is 20.8 Å². The molecular formula is C17H19Cl2NO2. The minimum absolute atomic E-state index is 0.160. The monoisotopic (exact) mass is 339 g/mol. The maximum atomic E-state index is 6.19. The third-order valence-electron chi connectivity index (χ3n) is 3.63. The molecule has 0 aliphatic heterocycles.